The molecule has 0 saturated carbocycles. The van der Waals surface area contributed by atoms with Crippen LogP contribution in [-0.4, -0.2) is 18.3 Å². The summed E-state index contributed by atoms with van der Waals surface area (Å²) in [5.74, 6) is 1.10. The van der Waals surface area contributed by atoms with Gasteiger partial charge in [0, 0.05) is 11.1 Å². The summed E-state index contributed by atoms with van der Waals surface area (Å²) in [5, 5.41) is 9.51. The van der Waals surface area contributed by atoms with Gasteiger partial charge in [-0.3, -0.25) is 0 Å². The van der Waals surface area contributed by atoms with E-state index in [1.165, 1.54) is 11.1 Å². The number of benzene rings is 2. The Labute approximate surface area is 134 Å². The van der Waals surface area contributed by atoms with Crippen LogP contribution in [0.25, 0.3) is 0 Å². The first-order chi connectivity index (χ1) is 10.2. The molecule has 2 rings (SSSR count). The van der Waals surface area contributed by atoms with Crippen LogP contribution >= 0.6 is 15.9 Å². The third-order valence-electron chi connectivity index (χ3n) is 3.51. The van der Waals surface area contributed by atoms with E-state index >= 15 is 0 Å². The minimum atomic E-state index is 0.192. The zero-order valence-electron chi connectivity index (χ0n) is 12.3. The predicted octanol–water partition coefficient (Wildman–Crippen LogP) is 4.38. The molecule has 0 saturated heterocycles. The van der Waals surface area contributed by atoms with E-state index in [1.54, 1.807) is 0 Å². The highest BCUT2D eigenvalue weighted by Crippen LogP contribution is 2.18. The standard InChI is InChI=1S/C18H21BrO2/c1-14-2-4-15(5-3-14)12-16(13-20)10-11-21-18-8-6-17(19)7-9-18/h2-9,16,20H,10-13H2,1H3. The van der Waals surface area contributed by atoms with Gasteiger partial charge in [-0.2, -0.15) is 0 Å². The first-order valence-corrected chi connectivity index (χ1v) is 8.01. The van der Waals surface area contributed by atoms with E-state index < -0.39 is 0 Å². The van der Waals surface area contributed by atoms with E-state index in [0.717, 1.165) is 23.1 Å². The van der Waals surface area contributed by atoms with E-state index in [9.17, 15) is 5.11 Å². The number of aliphatic hydroxyl groups excluding tert-OH is 1. The Hall–Kier alpha value is -1.32. The molecule has 0 aliphatic heterocycles. The van der Waals surface area contributed by atoms with Gasteiger partial charge in [0.05, 0.1) is 6.61 Å². The second-order valence-corrected chi connectivity index (χ2v) is 6.25. The Bertz CT molecular complexity index is 534. The van der Waals surface area contributed by atoms with Crippen LogP contribution in [0.3, 0.4) is 0 Å². The van der Waals surface area contributed by atoms with Crippen LogP contribution < -0.4 is 4.74 Å². The van der Waals surface area contributed by atoms with Crippen molar-refractivity contribution in [1.82, 2.24) is 0 Å². The summed E-state index contributed by atoms with van der Waals surface area (Å²) >= 11 is 3.40. The van der Waals surface area contributed by atoms with E-state index in [0.29, 0.717) is 6.61 Å². The lowest BCUT2D eigenvalue weighted by Crippen LogP contribution is -2.14. The van der Waals surface area contributed by atoms with Gasteiger partial charge in [0.25, 0.3) is 0 Å². The molecule has 0 aliphatic rings. The molecule has 1 atom stereocenters. The minimum Gasteiger partial charge on any atom is -0.494 e. The van der Waals surface area contributed by atoms with Crippen LogP contribution in [0, 0.1) is 12.8 Å². The second kappa shape index (κ2) is 8.20. The van der Waals surface area contributed by atoms with Crippen LogP contribution in [0.2, 0.25) is 0 Å². The van der Waals surface area contributed by atoms with Crippen molar-refractivity contribution in [2.24, 2.45) is 5.92 Å². The second-order valence-electron chi connectivity index (χ2n) is 5.33. The average Bonchev–Trinajstić information content (AvgIpc) is 2.50. The number of hydrogen-bond donors (Lipinski definition) is 1. The maximum absolute atomic E-state index is 9.51. The van der Waals surface area contributed by atoms with Gasteiger partial charge in [-0.25, -0.2) is 0 Å². The topological polar surface area (TPSA) is 29.5 Å². The minimum absolute atomic E-state index is 0.192. The highest BCUT2D eigenvalue weighted by atomic mass is 79.9. The number of hydrogen-bond acceptors (Lipinski definition) is 2. The highest BCUT2D eigenvalue weighted by Gasteiger charge is 2.09. The number of aryl methyl sites for hydroxylation is 1. The van der Waals surface area contributed by atoms with E-state index in [4.69, 9.17) is 4.74 Å². The lowest BCUT2D eigenvalue weighted by Gasteiger charge is -2.15. The summed E-state index contributed by atoms with van der Waals surface area (Å²) in [6.45, 7) is 2.90. The van der Waals surface area contributed by atoms with Crippen LogP contribution in [0.15, 0.2) is 53.0 Å². The Kier molecular flexibility index (Phi) is 6.27. The first-order valence-electron chi connectivity index (χ1n) is 7.22. The largest absolute Gasteiger partial charge is 0.494 e. The van der Waals surface area contributed by atoms with Gasteiger partial charge in [-0.1, -0.05) is 45.8 Å². The quantitative estimate of drug-likeness (QED) is 0.804. The first kappa shape index (κ1) is 16.1. The molecule has 0 amide bonds. The number of rotatable bonds is 7. The molecule has 1 unspecified atom stereocenters. The Morgan fingerprint density at radius 3 is 2.33 bits per heavy atom. The van der Waals surface area contributed by atoms with Crippen LogP contribution in [0.1, 0.15) is 17.5 Å². The van der Waals surface area contributed by atoms with Gasteiger partial charge >= 0.3 is 0 Å². The van der Waals surface area contributed by atoms with Crippen molar-refractivity contribution >= 4 is 15.9 Å². The molecule has 2 nitrogen and oxygen atoms in total. The van der Waals surface area contributed by atoms with E-state index in [-0.39, 0.29) is 12.5 Å². The smallest absolute Gasteiger partial charge is 0.119 e. The summed E-state index contributed by atoms with van der Waals surface area (Å²) in [4.78, 5) is 0. The van der Waals surface area contributed by atoms with Gasteiger partial charge in [0.1, 0.15) is 5.75 Å². The molecular weight excluding hydrogens is 328 g/mol. The molecular formula is C18H21BrO2. The summed E-state index contributed by atoms with van der Waals surface area (Å²) in [7, 11) is 0. The fraction of sp³-hybridized carbons (Fsp3) is 0.333. The molecule has 0 bridgehead atoms. The zero-order chi connectivity index (χ0) is 15.1. The Balaban J connectivity index is 1.79. The molecule has 1 N–H and O–H groups in total. The van der Waals surface area contributed by atoms with Crippen molar-refractivity contribution in [3.8, 4) is 5.75 Å². The third-order valence-corrected chi connectivity index (χ3v) is 4.04. The monoisotopic (exact) mass is 348 g/mol. The summed E-state index contributed by atoms with van der Waals surface area (Å²) in [6, 6.07) is 16.3. The lowest BCUT2D eigenvalue weighted by molar-refractivity contribution is 0.190. The fourth-order valence-electron chi connectivity index (χ4n) is 2.19. The van der Waals surface area contributed by atoms with Gasteiger partial charge < -0.3 is 9.84 Å². The maximum atomic E-state index is 9.51. The molecule has 0 radical (unpaired) electrons. The van der Waals surface area contributed by atoms with Gasteiger partial charge in [-0.05, 0) is 55.5 Å². The summed E-state index contributed by atoms with van der Waals surface area (Å²) in [5.41, 5.74) is 2.53. The lowest BCUT2D eigenvalue weighted by atomic mass is 9.97. The third kappa shape index (κ3) is 5.52. The predicted molar refractivity (Wildman–Crippen MR) is 89.7 cm³/mol. The van der Waals surface area contributed by atoms with Gasteiger partial charge in [-0.15, -0.1) is 0 Å². The molecule has 3 heteroatoms. The van der Waals surface area contributed by atoms with Gasteiger partial charge in [0.15, 0.2) is 0 Å². The van der Waals surface area contributed by atoms with Crippen molar-refractivity contribution in [1.29, 1.82) is 0 Å². The highest BCUT2D eigenvalue weighted by molar-refractivity contribution is 9.10. The molecule has 112 valence electrons. The van der Waals surface area contributed by atoms with Crippen molar-refractivity contribution in [3.63, 3.8) is 0 Å². The number of ether oxygens (including phenoxy) is 1. The molecule has 0 heterocycles. The zero-order valence-corrected chi connectivity index (χ0v) is 13.8. The van der Waals surface area contributed by atoms with Gasteiger partial charge in [0.2, 0.25) is 0 Å². The van der Waals surface area contributed by atoms with Crippen molar-refractivity contribution in [2.75, 3.05) is 13.2 Å². The SMILES string of the molecule is Cc1ccc(CC(CO)CCOc2ccc(Br)cc2)cc1. The summed E-state index contributed by atoms with van der Waals surface area (Å²) in [6.07, 6.45) is 1.74. The Morgan fingerprint density at radius 1 is 1.05 bits per heavy atom. The molecule has 0 aromatic heterocycles. The van der Waals surface area contributed by atoms with Crippen LogP contribution in [0.4, 0.5) is 0 Å². The van der Waals surface area contributed by atoms with Crippen molar-refractivity contribution in [2.45, 2.75) is 19.8 Å². The maximum Gasteiger partial charge on any atom is 0.119 e. The number of aliphatic hydroxyl groups is 1. The molecule has 21 heavy (non-hydrogen) atoms. The van der Waals surface area contributed by atoms with Crippen LogP contribution in [0.5, 0.6) is 5.75 Å². The molecule has 0 spiro atoms. The van der Waals surface area contributed by atoms with Crippen LogP contribution in [-0.2, 0) is 6.42 Å². The molecule has 0 fully saturated rings. The fourth-order valence-corrected chi connectivity index (χ4v) is 2.45. The molecule has 2 aromatic rings. The molecule has 0 aliphatic carbocycles. The summed E-state index contributed by atoms with van der Waals surface area (Å²) < 4.78 is 6.76. The molecule has 2 aromatic carbocycles. The van der Waals surface area contributed by atoms with E-state index in [2.05, 4.69) is 47.1 Å². The van der Waals surface area contributed by atoms with Crippen molar-refractivity contribution < 1.29 is 9.84 Å². The van der Waals surface area contributed by atoms with Crippen molar-refractivity contribution in [3.05, 3.63) is 64.1 Å². The van der Waals surface area contributed by atoms with E-state index in [1.807, 2.05) is 24.3 Å². The normalized spacial score (nSPS) is 12.1. The average molecular weight is 349 g/mol. The number of halogens is 1. The Morgan fingerprint density at radius 2 is 1.71 bits per heavy atom.